The summed E-state index contributed by atoms with van der Waals surface area (Å²) in [6, 6.07) is 8.47. The standard InChI is InChI=1S/C34H45N3O8/c1-9-36(10-2)21-25(44-31(38)16-13-23-17-29(41-6)32(43-8)30(18-23)42-7)20-27-22(5)26-15-14-24(19-28(26)45-33(27)39)35-34(40)37(11-3)12-4/h13-19,25H,9-12,20-21H2,1-8H3,(H,35,40). The van der Waals surface area contributed by atoms with Crippen LogP contribution in [-0.2, 0) is 16.0 Å². The number of hydrogen-bond acceptors (Lipinski definition) is 9. The zero-order chi connectivity index (χ0) is 33.1. The van der Waals surface area contributed by atoms with Gasteiger partial charge in [-0.25, -0.2) is 14.4 Å². The van der Waals surface area contributed by atoms with Crippen molar-refractivity contribution in [3.8, 4) is 17.2 Å². The van der Waals surface area contributed by atoms with E-state index in [0.29, 0.717) is 59.3 Å². The molecule has 45 heavy (non-hydrogen) atoms. The van der Waals surface area contributed by atoms with Gasteiger partial charge in [0, 0.05) is 54.8 Å². The summed E-state index contributed by atoms with van der Waals surface area (Å²) in [6.07, 6.45) is 2.49. The first-order chi connectivity index (χ1) is 21.6. The van der Waals surface area contributed by atoms with Crippen LogP contribution in [0.1, 0.15) is 44.4 Å². The number of ether oxygens (including phenoxy) is 4. The van der Waals surface area contributed by atoms with E-state index in [4.69, 9.17) is 23.4 Å². The van der Waals surface area contributed by atoms with Gasteiger partial charge in [-0.1, -0.05) is 13.8 Å². The average Bonchev–Trinajstić information content (AvgIpc) is 3.04. The van der Waals surface area contributed by atoms with E-state index in [1.807, 2.05) is 40.7 Å². The number of hydrogen-bond donors (Lipinski definition) is 1. The van der Waals surface area contributed by atoms with E-state index in [1.165, 1.54) is 27.4 Å². The number of carbonyl (C=O) groups is 2. The lowest BCUT2D eigenvalue weighted by molar-refractivity contribution is -0.143. The molecule has 0 radical (unpaired) electrons. The Balaban J connectivity index is 1.87. The van der Waals surface area contributed by atoms with Gasteiger partial charge in [-0.15, -0.1) is 0 Å². The summed E-state index contributed by atoms with van der Waals surface area (Å²) < 4.78 is 27.8. The summed E-state index contributed by atoms with van der Waals surface area (Å²) in [5.41, 5.74) is 2.20. The number of urea groups is 1. The van der Waals surface area contributed by atoms with Crippen LogP contribution >= 0.6 is 0 Å². The number of anilines is 1. The number of esters is 1. The second kappa shape index (κ2) is 16.5. The molecule has 0 spiro atoms. The van der Waals surface area contributed by atoms with E-state index < -0.39 is 17.7 Å². The van der Waals surface area contributed by atoms with Crippen LogP contribution in [0.4, 0.5) is 10.5 Å². The Morgan fingerprint density at radius 3 is 2.13 bits per heavy atom. The van der Waals surface area contributed by atoms with Gasteiger partial charge in [0.15, 0.2) is 11.5 Å². The Bertz CT molecular complexity index is 1530. The Kier molecular flexibility index (Phi) is 12.8. The third-order valence-electron chi connectivity index (χ3n) is 7.76. The Hall–Kier alpha value is -4.51. The molecule has 2 amide bonds. The lowest BCUT2D eigenvalue weighted by atomic mass is 10.0. The van der Waals surface area contributed by atoms with Gasteiger partial charge < -0.3 is 38.5 Å². The lowest BCUT2D eigenvalue weighted by Crippen LogP contribution is -2.37. The van der Waals surface area contributed by atoms with Crippen molar-refractivity contribution >= 4 is 34.7 Å². The largest absolute Gasteiger partial charge is 0.493 e. The van der Waals surface area contributed by atoms with Gasteiger partial charge in [-0.2, -0.15) is 0 Å². The summed E-state index contributed by atoms with van der Waals surface area (Å²) in [5.74, 6) is 0.809. The third kappa shape index (κ3) is 8.78. The van der Waals surface area contributed by atoms with E-state index in [-0.39, 0.29) is 12.5 Å². The summed E-state index contributed by atoms with van der Waals surface area (Å²) in [5, 5.41) is 3.59. The van der Waals surface area contributed by atoms with Crippen molar-refractivity contribution in [1.82, 2.24) is 9.80 Å². The molecule has 0 aliphatic carbocycles. The monoisotopic (exact) mass is 623 g/mol. The van der Waals surface area contributed by atoms with Gasteiger partial charge in [-0.3, -0.25) is 0 Å². The number of nitrogens with zero attached hydrogens (tertiary/aromatic N) is 2. The third-order valence-corrected chi connectivity index (χ3v) is 7.76. The lowest BCUT2D eigenvalue weighted by Gasteiger charge is -2.25. The maximum absolute atomic E-state index is 13.3. The summed E-state index contributed by atoms with van der Waals surface area (Å²) >= 11 is 0. The van der Waals surface area contributed by atoms with E-state index in [2.05, 4.69) is 10.2 Å². The summed E-state index contributed by atoms with van der Waals surface area (Å²) in [6.45, 7) is 12.8. The smallest absolute Gasteiger partial charge is 0.339 e. The fourth-order valence-electron chi connectivity index (χ4n) is 5.13. The van der Waals surface area contributed by atoms with E-state index in [1.54, 1.807) is 35.2 Å². The van der Waals surface area contributed by atoms with Gasteiger partial charge in [0.25, 0.3) is 0 Å². The molecule has 3 aromatic rings. The van der Waals surface area contributed by atoms with Crippen molar-refractivity contribution in [2.45, 2.75) is 47.1 Å². The van der Waals surface area contributed by atoms with Gasteiger partial charge in [0.2, 0.25) is 5.75 Å². The minimum atomic E-state index is -0.617. The summed E-state index contributed by atoms with van der Waals surface area (Å²) in [7, 11) is 4.56. The topological polar surface area (TPSA) is 120 Å². The minimum Gasteiger partial charge on any atom is -0.493 e. The minimum absolute atomic E-state index is 0.171. The Morgan fingerprint density at radius 2 is 1.58 bits per heavy atom. The van der Waals surface area contributed by atoms with Crippen molar-refractivity contribution in [1.29, 1.82) is 0 Å². The molecule has 1 N–H and O–H groups in total. The number of fused-ring (bicyclic) bond motifs is 1. The molecular formula is C34H45N3O8. The maximum atomic E-state index is 13.3. The zero-order valence-electron chi connectivity index (χ0n) is 27.5. The van der Waals surface area contributed by atoms with Crippen molar-refractivity contribution in [3.63, 3.8) is 0 Å². The zero-order valence-corrected chi connectivity index (χ0v) is 27.5. The molecule has 11 nitrogen and oxygen atoms in total. The van der Waals surface area contributed by atoms with E-state index >= 15 is 0 Å². The van der Waals surface area contributed by atoms with Crippen molar-refractivity contribution in [2.75, 3.05) is 59.4 Å². The molecule has 0 aliphatic rings. The molecule has 0 fully saturated rings. The summed E-state index contributed by atoms with van der Waals surface area (Å²) in [4.78, 5) is 42.6. The SMILES string of the molecule is CCN(CC)CC(Cc1c(C)c2ccc(NC(=O)N(CC)CC)cc2oc1=O)OC(=O)C=Cc1cc(OC)c(OC)c(OC)c1. The normalized spacial score (nSPS) is 11.9. The second-order valence-electron chi connectivity index (χ2n) is 10.3. The number of rotatable bonds is 15. The predicted octanol–water partition coefficient (Wildman–Crippen LogP) is 5.51. The number of likely N-dealkylation sites (N-methyl/N-ethyl adjacent to an activating group) is 1. The first-order valence-corrected chi connectivity index (χ1v) is 15.2. The highest BCUT2D eigenvalue weighted by atomic mass is 16.5. The number of nitrogens with one attached hydrogen (secondary N) is 1. The quantitative estimate of drug-likeness (QED) is 0.133. The first kappa shape index (κ1) is 35.0. The maximum Gasteiger partial charge on any atom is 0.339 e. The molecule has 3 rings (SSSR count). The molecule has 1 atom stereocenters. The highest BCUT2D eigenvalue weighted by Gasteiger charge is 2.22. The molecule has 1 unspecified atom stereocenters. The van der Waals surface area contributed by atoms with E-state index in [9.17, 15) is 14.4 Å². The number of methoxy groups -OCH3 is 3. The van der Waals surface area contributed by atoms with Crippen LogP contribution in [0, 0.1) is 6.92 Å². The molecule has 244 valence electrons. The second-order valence-corrected chi connectivity index (χ2v) is 10.3. The van der Waals surface area contributed by atoms with Crippen molar-refractivity contribution < 1.29 is 33.0 Å². The van der Waals surface area contributed by atoms with Gasteiger partial charge in [0.05, 0.1) is 21.3 Å². The fourth-order valence-corrected chi connectivity index (χ4v) is 5.13. The molecule has 0 saturated heterocycles. The molecule has 1 aromatic heterocycles. The van der Waals surface area contributed by atoms with Crippen LogP contribution in [0.25, 0.3) is 17.0 Å². The van der Waals surface area contributed by atoms with Crippen molar-refractivity contribution in [3.05, 3.63) is 63.5 Å². The van der Waals surface area contributed by atoms with Gasteiger partial charge >= 0.3 is 17.6 Å². The highest BCUT2D eigenvalue weighted by Crippen LogP contribution is 2.38. The fraction of sp³-hybridized carbons (Fsp3) is 0.441. The molecule has 0 aliphatic heterocycles. The molecule has 2 aromatic carbocycles. The highest BCUT2D eigenvalue weighted by molar-refractivity contribution is 5.93. The van der Waals surface area contributed by atoms with Crippen LogP contribution in [-0.4, -0.2) is 82.0 Å². The number of aryl methyl sites for hydroxylation is 1. The van der Waals surface area contributed by atoms with Gasteiger partial charge in [0.1, 0.15) is 11.7 Å². The molecule has 0 saturated carbocycles. The molecule has 11 heteroatoms. The molecular weight excluding hydrogens is 578 g/mol. The van der Waals surface area contributed by atoms with Crippen molar-refractivity contribution in [2.24, 2.45) is 0 Å². The number of benzene rings is 2. The van der Waals surface area contributed by atoms with E-state index in [0.717, 1.165) is 24.0 Å². The van der Waals surface area contributed by atoms with Crippen LogP contribution in [0.3, 0.4) is 0 Å². The first-order valence-electron chi connectivity index (χ1n) is 15.2. The number of carbonyl (C=O) groups excluding carboxylic acids is 2. The Labute approximate surface area is 264 Å². The Morgan fingerprint density at radius 1 is 0.933 bits per heavy atom. The van der Waals surface area contributed by atoms with Crippen LogP contribution in [0.5, 0.6) is 17.2 Å². The molecule has 0 bridgehead atoms. The predicted molar refractivity (Wildman–Crippen MR) is 176 cm³/mol. The van der Waals surface area contributed by atoms with Gasteiger partial charge in [-0.05, 0) is 75.3 Å². The molecule has 1 heterocycles. The number of amides is 2. The van der Waals surface area contributed by atoms with Crippen LogP contribution in [0.2, 0.25) is 0 Å². The van der Waals surface area contributed by atoms with Crippen LogP contribution in [0.15, 0.2) is 45.6 Å². The average molecular weight is 624 g/mol. The van der Waals surface area contributed by atoms with Crippen LogP contribution < -0.4 is 25.2 Å².